The Labute approximate surface area is 212 Å². The number of benzene rings is 1. The van der Waals surface area contributed by atoms with Crippen molar-refractivity contribution in [3.05, 3.63) is 53.7 Å². The van der Waals surface area contributed by atoms with Gasteiger partial charge in [0.25, 0.3) is 0 Å². The summed E-state index contributed by atoms with van der Waals surface area (Å²) in [7, 11) is 2.12. The van der Waals surface area contributed by atoms with Gasteiger partial charge in [-0.15, -0.1) is 11.3 Å². The Bertz CT molecular complexity index is 1190. The van der Waals surface area contributed by atoms with Crippen LogP contribution in [0.2, 0.25) is 0 Å². The van der Waals surface area contributed by atoms with Gasteiger partial charge in [0.05, 0.1) is 22.5 Å². The first-order valence-corrected chi connectivity index (χ1v) is 13.8. The molecule has 1 fully saturated rings. The second-order valence-electron chi connectivity index (χ2n) is 8.62. The van der Waals surface area contributed by atoms with Crippen molar-refractivity contribution in [2.45, 2.75) is 59.1 Å². The fourth-order valence-corrected chi connectivity index (χ4v) is 5.41. The molecule has 4 aromatic rings. The van der Waals surface area contributed by atoms with Gasteiger partial charge in [-0.05, 0) is 74.1 Å². The Morgan fingerprint density at radius 2 is 1.83 bits per heavy atom. The predicted molar refractivity (Wildman–Crippen MR) is 146 cm³/mol. The molecule has 35 heavy (non-hydrogen) atoms. The molecule has 0 radical (unpaired) electrons. The van der Waals surface area contributed by atoms with Crippen LogP contribution in [0.25, 0.3) is 21.7 Å². The van der Waals surface area contributed by atoms with Crippen molar-refractivity contribution >= 4 is 21.6 Å². The van der Waals surface area contributed by atoms with E-state index in [1.54, 1.807) is 11.3 Å². The molecule has 1 aromatic carbocycles. The van der Waals surface area contributed by atoms with E-state index in [1.165, 1.54) is 15.9 Å². The van der Waals surface area contributed by atoms with Gasteiger partial charge in [0.1, 0.15) is 24.2 Å². The summed E-state index contributed by atoms with van der Waals surface area (Å²) in [6, 6.07) is 12.5. The van der Waals surface area contributed by atoms with Crippen molar-refractivity contribution in [2.24, 2.45) is 7.05 Å². The van der Waals surface area contributed by atoms with Crippen molar-refractivity contribution in [1.82, 2.24) is 19.4 Å². The molecule has 1 N–H and O–H groups in total. The van der Waals surface area contributed by atoms with E-state index in [0.717, 1.165) is 68.3 Å². The van der Waals surface area contributed by atoms with Crippen LogP contribution in [-0.2, 0) is 20.0 Å². The molecule has 7 heteroatoms. The van der Waals surface area contributed by atoms with Gasteiger partial charge in [-0.3, -0.25) is 0 Å². The molecule has 0 spiro atoms. The number of nitrogens with zero attached hydrogens (tertiary/aromatic N) is 3. The van der Waals surface area contributed by atoms with E-state index in [4.69, 9.17) is 14.5 Å². The Kier molecular flexibility index (Phi) is 8.88. The van der Waals surface area contributed by atoms with Gasteiger partial charge in [-0.1, -0.05) is 27.2 Å². The van der Waals surface area contributed by atoms with Gasteiger partial charge >= 0.3 is 0 Å². The number of nitrogens with one attached hydrogen (secondary N) is 1. The zero-order chi connectivity index (χ0) is 24.6. The first kappa shape index (κ1) is 25.3. The smallest absolute Gasteiger partial charge is 0.157 e. The summed E-state index contributed by atoms with van der Waals surface area (Å²) < 4.78 is 18.1. The Morgan fingerprint density at radius 3 is 2.54 bits per heavy atom. The third-order valence-electron chi connectivity index (χ3n) is 6.33. The highest BCUT2D eigenvalue weighted by molar-refractivity contribution is 7.17. The fourth-order valence-electron chi connectivity index (χ4n) is 4.56. The minimum absolute atomic E-state index is 0.308. The number of aryl methyl sites for hydroxylation is 2. The van der Waals surface area contributed by atoms with Crippen molar-refractivity contribution in [1.29, 1.82) is 0 Å². The summed E-state index contributed by atoms with van der Waals surface area (Å²) in [5.41, 5.74) is 3.66. The van der Waals surface area contributed by atoms with Crippen LogP contribution in [0, 0.1) is 0 Å². The summed E-state index contributed by atoms with van der Waals surface area (Å²) >= 11 is 1.77. The summed E-state index contributed by atoms with van der Waals surface area (Å²) in [5, 5.41) is 5.51. The molecule has 0 unspecified atom stereocenters. The van der Waals surface area contributed by atoms with E-state index in [9.17, 15) is 0 Å². The average Bonchev–Trinajstić information content (AvgIpc) is 3.59. The number of fused-ring (bicyclic) bond motifs is 1. The van der Waals surface area contributed by atoms with Crippen molar-refractivity contribution in [3.63, 3.8) is 0 Å². The van der Waals surface area contributed by atoms with Gasteiger partial charge in [0.2, 0.25) is 0 Å². The van der Waals surface area contributed by atoms with Crippen LogP contribution in [0.3, 0.4) is 0 Å². The molecule has 1 aliphatic heterocycles. The second-order valence-corrected chi connectivity index (χ2v) is 9.57. The van der Waals surface area contributed by atoms with Crippen LogP contribution in [0.1, 0.15) is 45.7 Å². The molecule has 3 aromatic heterocycles. The Hall–Kier alpha value is -2.77. The summed E-state index contributed by atoms with van der Waals surface area (Å²) in [6.07, 6.45) is 6.55. The van der Waals surface area contributed by atoms with Gasteiger partial charge < -0.3 is 23.9 Å². The topological polar surface area (TPSA) is 53.2 Å². The average molecular weight is 495 g/mol. The first-order chi connectivity index (χ1) is 17.2. The lowest BCUT2D eigenvalue weighted by atomic mass is 10.1. The maximum Gasteiger partial charge on any atom is 0.157 e. The monoisotopic (exact) mass is 494 g/mol. The highest BCUT2D eigenvalue weighted by Crippen LogP contribution is 2.30. The van der Waals surface area contributed by atoms with Crippen molar-refractivity contribution < 1.29 is 9.47 Å². The van der Waals surface area contributed by atoms with E-state index in [0.29, 0.717) is 12.7 Å². The number of hydrogen-bond donors (Lipinski definition) is 1. The van der Waals surface area contributed by atoms with Crippen LogP contribution in [0.5, 0.6) is 11.5 Å². The standard InChI is InChI=1S/C26H32N4O2S.C2H6/c1-3-4-19-18-28-26(24-17-25-23(29(24)2)11-16-33-25)30(19)14-15-31-20-5-7-21(8-6-20)32-22-9-12-27-13-10-22;1-2/h5-8,11,16-18,22,27H,3-4,9-10,12-15H2,1-2H3;1-2H3. The molecule has 1 aliphatic rings. The molecule has 0 bridgehead atoms. The quantitative estimate of drug-likeness (QED) is 0.297. The minimum atomic E-state index is 0.308. The van der Waals surface area contributed by atoms with Crippen LogP contribution in [0.15, 0.2) is 48.0 Å². The zero-order valence-electron chi connectivity index (χ0n) is 21.4. The highest BCUT2D eigenvalue weighted by Gasteiger charge is 2.17. The molecule has 4 heterocycles. The summed E-state index contributed by atoms with van der Waals surface area (Å²) in [5.74, 6) is 2.80. The van der Waals surface area contributed by atoms with Crippen molar-refractivity contribution in [3.8, 4) is 23.0 Å². The summed E-state index contributed by atoms with van der Waals surface area (Å²) in [4.78, 5) is 4.80. The van der Waals surface area contributed by atoms with Crippen LogP contribution in [0.4, 0.5) is 0 Å². The highest BCUT2D eigenvalue weighted by atomic mass is 32.1. The number of hydrogen-bond acceptors (Lipinski definition) is 5. The first-order valence-electron chi connectivity index (χ1n) is 12.9. The molecule has 0 atom stereocenters. The lowest BCUT2D eigenvalue weighted by Gasteiger charge is -2.23. The second kappa shape index (κ2) is 12.3. The van der Waals surface area contributed by atoms with Crippen LogP contribution < -0.4 is 14.8 Å². The third kappa shape index (κ3) is 5.90. The number of ether oxygens (including phenoxy) is 2. The molecule has 6 nitrogen and oxygen atoms in total. The van der Waals surface area contributed by atoms with Crippen LogP contribution >= 0.6 is 11.3 Å². The van der Waals surface area contributed by atoms with E-state index >= 15 is 0 Å². The molecule has 1 saturated heterocycles. The van der Waals surface area contributed by atoms with Gasteiger partial charge in [-0.2, -0.15) is 0 Å². The van der Waals surface area contributed by atoms with E-state index in [2.05, 4.69) is 45.9 Å². The normalized spacial score (nSPS) is 14.1. The lowest BCUT2D eigenvalue weighted by molar-refractivity contribution is 0.162. The number of piperidine rings is 1. The van der Waals surface area contributed by atoms with Gasteiger partial charge in [0.15, 0.2) is 5.82 Å². The van der Waals surface area contributed by atoms with Crippen molar-refractivity contribution in [2.75, 3.05) is 19.7 Å². The molecular weight excluding hydrogens is 456 g/mol. The number of aromatic nitrogens is 3. The molecule has 188 valence electrons. The number of rotatable bonds is 9. The van der Waals surface area contributed by atoms with E-state index in [-0.39, 0.29) is 0 Å². The summed E-state index contributed by atoms with van der Waals surface area (Å²) in [6.45, 7) is 9.62. The fraction of sp³-hybridized carbons (Fsp3) is 0.464. The zero-order valence-corrected chi connectivity index (χ0v) is 22.2. The molecule has 0 amide bonds. The molecule has 5 rings (SSSR count). The van der Waals surface area contributed by atoms with Gasteiger partial charge in [-0.25, -0.2) is 4.98 Å². The molecule has 0 saturated carbocycles. The third-order valence-corrected chi connectivity index (χ3v) is 7.19. The number of thiophene rings is 1. The Balaban J connectivity index is 0.00000141. The Morgan fingerprint density at radius 1 is 1.09 bits per heavy atom. The maximum atomic E-state index is 6.10. The molecule has 0 aliphatic carbocycles. The van der Waals surface area contributed by atoms with Crippen LogP contribution in [-0.4, -0.2) is 39.9 Å². The largest absolute Gasteiger partial charge is 0.492 e. The minimum Gasteiger partial charge on any atom is -0.492 e. The SMILES string of the molecule is CC.CCCc1cnc(-c2cc3sccc3n2C)n1CCOc1ccc(OC2CCNCC2)cc1. The maximum absolute atomic E-state index is 6.10. The predicted octanol–water partition coefficient (Wildman–Crippen LogP) is 6.29. The van der Waals surface area contributed by atoms with E-state index in [1.807, 2.05) is 44.3 Å². The molecular formula is C28H38N4O2S. The number of imidazole rings is 1. The lowest BCUT2D eigenvalue weighted by Crippen LogP contribution is -2.34. The van der Waals surface area contributed by atoms with Gasteiger partial charge in [0, 0.05) is 18.9 Å². The van der Waals surface area contributed by atoms with E-state index < -0.39 is 0 Å².